The topological polar surface area (TPSA) is 55.7 Å². The molecule has 21 heavy (non-hydrogen) atoms. The smallest absolute Gasteiger partial charge is 0.389 e. The van der Waals surface area contributed by atoms with Crippen molar-refractivity contribution in [2.45, 2.75) is 25.1 Å². The largest absolute Gasteiger partial charge is 0.508 e. The van der Waals surface area contributed by atoms with Gasteiger partial charge in [-0.3, -0.25) is 4.90 Å². The van der Waals surface area contributed by atoms with E-state index in [-0.39, 0.29) is 17.9 Å². The number of aromatic hydroxyl groups is 2. The zero-order valence-electron chi connectivity index (χ0n) is 11.5. The average Bonchev–Trinajstić information content (AvgIpc) is 2.41. The van der Waals surface area contributed by atoms with Gasteiger partial charge in [-0.15, -0.1) is 0 Å². The van der Waals surface area contributed by atoms with E-state index in [1.54, 1.807) is 0 Å². The summed E-state index contributed by atoms with van der Waals surface area (Å²) in [6.07, 6.45) is -5.23. The molecule has 4 nitrogen and oxygen atoms in total. The molecule has 3 N–H and O–H groups in total. The van der Waals surface area contributed by atoms with E-state index in [1.165, 1.54) is 12.1 Å². The maximum Gasteiger partial charge on any atom is 0.389 e. The van der Waals surface area contributed by atoms with E-state index in [9.17, 15) is 23.4 Å². The number of benzene rings is 1. The van der Waals surface area contributed by atoms with Crippen molar-refractivity contribution in [3.05, 3.63) is 23.8 Å². The highest BCUT2D eigenvalue weighted by molar-refractivity contribution is 5.41. The molecule has 1 aliphatic rings. The molecule has 0 bridgehead atoms. The van der Waals surface area contributed by atoms with Gasteiger partial charge in [-0.2, -0.15) is 13.2 Å². The first-order valence-electron chi connectivity index (χ1n) is 6.90. The Bertz CT molecular complexity index is 474. The van der Waals surface area contributed by atoms with Crippen molar-refractivity contribution in [1.82, 2.24) is 10.2 Å². The number of piperazine rings is 1. The van der Waals surface area contributed by atoms with Crippen LogP contribution in [0.15, 0.2) is 18.2 Å². The summed E-state index contributed by atoms with van der Waals surface area (Å²) in [6.45, 7) is 2.68. The molecule has 2 rings (SSSR count). The fraction of sp³-hybridized carbons (Fsp3) is 0.571. The Morgan fingerprint density at radius 3 is 2.43 bits per heavy atom. The summed E-state index contributed by atoms with van der Waals surface area (Å²) in [5.74, 6) is -0.271. The van der Waals surface area contributed by atoms with Gasteiger partial charge in [0.25, 0.3) is 0 Å². The molecular weight excluding hydrogens is 285 g/mol. The highest BCUT2D eigenvalue weighted by atomic mass is 19.4. The lowest BCUT2D eigenvalue weighted by molar-refractivity contribution is -0.138. The van der Waals surface area contributed by atoms with Gasteiger partial charge in [0.15, 0.2) is 0 Å². The molecule has 118 valence electrons. The van der Waals surface area contributed by atoms with Crippen molar-refractivity contribution in [1.29, 1.82) is 0 Å². The minimum Gasteiger partial charge on any atom is -0.508 e. The minimum atomic E-state index is -4.22. The standard InChI is InChI=1S/C14H19F3N2O2/c15-14(16,17)4-3-12(19-7-5-18-6-8-19)11-2-1-10(20)9-13(11)21/h1-2,9,12,18,20-21H,3-8H2/t12-/m1/s1. The van der Waals surface area contributed by atoms with Gasteiger partial charge in [0, 0.05) is 50.3 Å². The number of hydrogen-bond acceptors (Lipinski definition) is 4. The summed E-state index contributed by atoms with van der Waals surface area (Å²) in [5, 5.41) is 22.4. The van der Waals surface area contributed by atoms with E-state index in [4.69, 9.17) is 0 Å². The normalized spacial score (nSPS) is 18.6. The highest BCUT2D eigenvalue weighted by Gasteiger charge is 2.32. The number of hydrogen-bond donors (Lipinski definition) is 3. The van der Waals surface area contributed by atoms with Crippen LogP contribution in [0.3, 0.4) is 0 Å². The van der Waals surface area contributed by atoms with Crippen molar-refractivity contribution >= 4 is 0 Å². The van der Waals surface area contributed by atoms with Crippen molar-refractivity contribution < 1.29 is 23.4 Å². The molecule has 0 aliphatic carbocycles. The van der Waals surface area contributed by atoms with Crippen LogP contribution in [0, 0.1) is 0 Å². The van der Waals surface area contributed by atoms with Crippen LogP contribution < -0.4 is 5.32 Å². The SMILES string of the molecule is Oc1ccc([C@@H](CCC(F)(F)F)N2CCNCC2)c(O)c1. The molecule has 1 atom stereocenters. The fourth-order valence-electron chi connectivity index (χ4n) is 2.64. The zero-order valence-corrected chi connectivity index (χ0v) is 11.5. The van der Waals surface area contributed by atoms with Crippen LogP contribution in [0.2, 0.25) is 0 Å². The van der Waals surface area contributed by atoms with E-state index >= 15 is 0 Å². The van der Waals surface area contributed by atoms with Crippen LogP contribution >= 0.6 is 0 Å². The lowest BCUT2D eigenvalue weighted by atomic mass is 9.98. The van der Waals surface area contributed by atoms with E-state index in [0.717, 1.165) is 6.07 Å². The first kappa shape index (κ1) is 15.9. The third-order valence-electron chi connectivity index (χ3n) is 3.67. The molecule has 1 aromatic rings. The highest BCUT2D eigenvalue weighted by Crippen LogP contribution is 2.36. The Hall–Kier alpha value is -1.47. The average molecular weight is 304 g/mol. The van der Waals surface area contributed by atoms with Crippen molar-refractivity contribution in [2.75, 3.05) is 26.2 Å². The van der Waals surface area contributed by atoms with Gasteiger partial charge in [0.2, 0.25) is 0 Å². The third kappa shape index (κ3) is 4.50. The summed E-state index contributed by atoms with van der Waals surface area (Å²) in [7, 11) is 0. The van der Waals surface area contributed by atoms with Crippen LogP contribution in [0.25, 0.3) is 0 Å². The number of halogens is 3. The van der Waals surface area contributed by atoms with Gasteiger partial charge in [-0.1, -0.05) is 6.07 Å². The number of nitrogens with one attached hydrogen (secondary N) is 1. The molecule has 1 aliphatic heterocycles. The van der Waals surface area contributed by atoms with Gasteiger partial charge < -0.3 is 15.5 Å². The van der Waals surface area contributed by atoms with E-state index < -0.39 is 18.6 Å². The number of phenols is 2. The molecule has 0 unspecified atom stereocenters. The Kier molecular flexibility index (Phi) is 4.95. The van der Waals surface area contributed by atoms with E-state index in [0.29, 0.717) is 31.7 Å². The van der Waals surface area contributed by atoms with E-state index in [1.807, 2.05) is 4.90 Å². The molecule has 0 amide bonds. The molecule has 7 heteroatoms. The zero-order chi connectivity index (χ0) is 15.5. The summed E-state index contributed by atoms with van der Waals surface area (Å²) in [6, 6.07) is 3.54. The van der Waals surface area contributed by atoms with Crippen molar-refractivity contribution in [2.24, 2.45) is 0 Å². The molecule has 1 fully saturated rings. The molecular formula is C14H19F3N2O2. The Balaban J connectivity index is 2.21. The first-order chi connectivity index (χ1) is 9.87. The molecule has 0 saturated carbocycles. The number of phenolic OH excluding ortho intramolecular Hbond substituents is 2. The van der Waals surface area contributed by atoms with Crippen LogP contribution in [0.5, 0.6) is 11.5 Å². The molecule has 1 aromatic carbocycles. The second-order valence-electron chi connectivity index (χ2n) is 5.20. The molecule has 0 radical (unpaired) electrons. The van der Waals surface area contributed by atoms with Gasteiger partial charge in [-0.25, -0.2) is 0 Å². The summed E-state index contributed by atoms with van der Waals surface area (Å²) in [4.78, 5) is 1.94. The lowest BCUT2D eigenvalue weighted by Gasteiger charge is -2.35. The van der Waals surface area contributed by atoms with Crippen LogP contribution in [0.4, 0.5) is 13.2 Å². The predicted molar refractivity (Wildman–Crippen MR) is 72.2 cm³/mol. The number of nitrogens with zero attached hydrogens (tertiary/aromatic N) is 1. The van der Waals surface area contributed by atoms with Gasteiger partial charge in [0.1, 0.15) is 11.5 Å². The molecule has 0 aromatic heterocycles. The predicted octanol–water partition coefficient (Wildman–Crippen LogP) is 2.39. The second-order valence-corrected chi connectivity index (χ2v) is 5.20. The minimum absolute atomic E-state index is 0.105. The number of rotatable bonds is 4. The van der Waals surface area contributed by atoms with E-state index in [2.05, 4.69) is 5.32 Å². The van der Waals surface area contributed by atoms with Gasteiger partial charge >= 0.3 is 6.18 Å². The van der Waals surface area contributed by atoms with Crippen LogP contribution in [-0.2, 0) is 0 Å². The van der Waals surface area contributed by atoms with Crippen molar-refractivity contribution in [3.63, 3.8) is 0 Å². The second kappa shape index (κ2) is 6.53. The quantitative estimate of drug-likeness (QED) is 0.799. The fourth-order valence-corrected chi connectivity index (χ4v) is 2.64. The van der Waals surface area contributed by atoms with Gasteiger partial charge in [-0.05, 0) is 12.5 Å². The Morgan fingerprint density at radius 1 is 1.19 bits per heavy atom. The van der Waals surface area contributed by atoms with Crippen molar-refractivity contribution in [3.8, 4) is 11.5 Å². The first-order valence-corrected chi connectivity index (χ1v) is 6.90. The maximum atomic E-state index is 12.5. The van der Waals surface area contributed by atoms with Crippen LogP contribution in [0.1, 0.15) is 24.4 Å². The number of alkyl halides is 3. The Morgan fingerprint density at radius 2 is 1.86 bits per heavy atom. The monoisotopic (exact) mass is 304 g/mol. The van der Waals surface area contributed by atoms with Gasteiger partial charge in [0.05, 0.1) is 0 Å². The summed E-state index contributed by atoms with van der Waals surface area (Å²) in [5.41, 5.74) is 0.430. The summed E-state index contributed by atoms with van der Waals surface area (Å²) < 4.78 is 37.6. The Labute approximate surface area is 121 Å². The molecule has 1 saturated heterocycles. The molecule has 0 spiro atoms. The van der Waals surface area contributed by atoms with Crippen LogP contribution in [-0.4, -0.2) is 47.5 Å². The summed E-state index contributed by atoms with van der Waals surface area (Å²) >= 11 is 0. The maximum absolute atomic E-state index is 12.5. The lowest BCUT2D eigenvalue weighted by Crippen LogP contribution is -2.45. The molecule has 1 heterocycles. The third-order valence-corrected chi connectivity index (χ3v) is 3.67.